The summed E-state index contributed by atoms with van der Waals surface area (Å²) in [5.74, 6) is 0. The van der Waals surface area contributed by atoms with Gasteiger partial charge in [0, 0.05) is 0 Å². The molecule has 0 heterocycles. The van der Waals surface area contributed by atoms with E-state index in [1.165, 1.54) is 0 Å². The Balaban J connectivity index is 2.71. The zero-order valence-electron chi connectivity index (χ0n) is 7.40. The molecule has 0 amide bonds. The van der Waals surface area contributed by atoms with E-state index >= 15 is 0 Å². The summed E-state index contributed by atoms with van der Waals surface area (Å²) in [7, 11) is 20.6. The van der Waals surface area contributed by atoms with Crippen LogP contribution in [0.1, 0.15) is 6.42 Å². The molecule has 75 valence electrons. The molecule has 0 spiro atoms. The molecular weight excluding hydrogens is 266 g/mol. The van der Waals surface area contributed by atoms with Crippen molar-refractivity contribution in [2.45, 2.75) is 11.1 Å². The van der Waals surface area contributed by atoms with E-state index in [0.29, 0.717) is 11.3 Å². The monoisotopic (exact) mass is 277 g/mol. The normalized spacial score (nSPS) is 19.7. The zero-order chi connectivity index (χ0) is 9.97. The third-order valence-electron chi connectivity index (χ3n) is 2.08. The van der Waals surface area contributed by atoms with Crippen molar-refractivity contribution in [2.24, 2.45) is 0 Å². The van der Waals surface area contributed by atoms with E-state index in [0.717, 1.165) is 10.3 Å². The Labute approximate surface area is 91.2 Å². The zero-order valence-corrected chi connectivity index (χ0v) is 11.2. The Bertz CT molecular complexity index is 252. The Kier molecular flexibility index (Phi) is 3.96. The van der Waals surface area contributed by atoms with Crippen LogP contribution < -0.4 is 0 Å². The summed E-state index contributed by atoms with van der Waals surface area (Å²) in [6.07, 6.45) is 6.67. The summed E-state index contributed by atoms with van der Waals surface area (Å²) in [6.45, 7) is 0.519. The first-order chi connectivity index (χ1) is 5.94. The van der Waals surface area contributed by atoms with Gasteiger partial charge in [0.2, 0.25) is 0 Å². The van der Waals surface area contributed by atoms with Crippen molar-refractivity contribution < 1.29 is 16.9 Å². The molecule has 0 aliphatic heterocycles. The van der Waals surface area contributed by atoms with Gasteiger partial charge in [-0.2, -0.15) is 0 Å². The topological polar surface area (TPSA) is 9.23 Å². The van der Waals surface area contributed by atoms with Crippen LogP contribution in [0, 0.1) is 0 Å². The molecule has 0 atom stereocenters. The van der Waals surface area contributed by atoms with Gasteiger partial charge in [0.25, 0.3) is 0 Å². The van der Waals surface area contributed by atoms with Crippen molar-refractivity contribution in [3.8, 4) is 0 Å². The summed E-state index contributed by atoms with van der Waals surface area (Å²) in [4.78, 5) is 0. The fraction of sp³-hybridized carbons (Fsp3) is 0.500. The molecule has 0 aromatic heterocycles. The predicted molar refractivity (Wildman–Crippen MR) is 56.1 cm³/mol. The van der Waals surface area contributed by atoms with Crippen molar-refractivity contribution in [3.63, 3.8) is 0 Å². The predicted octanol–water partition coefficient (Wildman–Crippen LogP) is 4.05. The molecule has 0 saturated heterocycles. The molecule has 1 rings (SSSR count). The minimum absolute atomic E-state index is 0.519. The van der Waals surface area contributed by atoms with Crippen LogP contribution in [0.2, 0.25) is 4.73 Å². The maximum absolute atomic E-state index is 6.31. The quantitative estimate of drug-likeness (QED) is 0.705. The van der Waals surface area contributed by atoms with Crippen LogP contribution in [-0.4, -0.2) is 13.7 Å². The molecule has 13 heavy (non-hydrogen) atoms. The summed E-state index contributed by atoms with van der Waals surface area (Å²) in [5, 5.41) is 0. The van der Waals surface area contributed by atoms with Crippen LogP contribution in [0.15, 0.2) is 22.1 Å². The summed E-state index contributed by atoms with van der Waals surface area (Å²) >= 11 is -3.85. The third kappa shape index (κ3) is 3.26. The fourth-order valence-corrected chi connectivity index (χ4v) is 6.65. The average molecular weight is 278 g/mol. The molecule has 1 nitrogen and oxygen atoms in total. The number of methoxy groups -OCH3 is 1. The Morgan fingerprint density at radius 3 is 2.62 bits per heavy atom. The number of halogens is 3. The fourth-order valence-electron chi connectivity index (χ4n) is 1.22. The van der Waals surface area contributed by atoms with Gasteiger partial charge in [0.15, 0.2) is 0 Å². The Morgan fingerprint density at radius 2 is 2.15 bits per heavy atom. The van der Waals surface area contributed by atoms with Gasteiger partial charge < -0.3 is 0 Å². The van der Waals surface area contributed by atoms with Crippen molar-refractivity contribution >= 4 is 27.9 Å². The van der Waals surface area contributed by atoms with Crippen LogP contribution in [0.25, 0.3) is 0 Å². The van der Waals surface area contributed by atoms with Crippen molar-refractivity contribution in [1.29, 1.82) is 0 Å². The second-order valence-electron chi connectivity index (χ2n) is 3.14. The standard InChI is InChI=1S/C5H5.C3H7O.3ClH.Ti/c1-2-4-5-3-1;1-3-4-2;;;;/h1-3H,4H2;1,3H2,2H3;3*1H;/q;;;;;+3/p-3. The third-order valence-corrected chi connectivity index (χ3v) is 11.4. The van der Waals surface area contributed by atoms with Crippen LogP contribution in [0.5, 0.6) is 0 Å². The Morgan fingerprint density at radius 1 is 1.46 bits per heavy atom. The van der Waals surface area contributed by atoms with E-state index in [9.17, 15) is 0 Å². The molecule has 0 radical (unpaired) electrons. The number of ether oxygens (including phenoxy) is 1. The summed E-state index contributed by atoms with van der Waals surface area (Å²) in [5.41, 5.74) is 0. The molecule has 5 heteroatoms. The summed E-state index contributed by atoms with van der Waals surface area (Å²) < 4.78 is 6.51. The first-order valence-corrected chi connectivity index (χ1v) is 12.4. The molecule has 0 saturated carbocycles. The van der Waals surface area contributed by atoms with Gasteiger partial charge >= 0.3 is 91.7 Å². The van der Waals surface area contributed by atoms with Gasteiger partial charge in [0.05, 0.1) is 0 Å². The first-order valence-electron chi connectivity index (χ1n) is 4.08. The molecule has 0 fully saturated rings. The van der Waals surface area contributed by atoms with Gasteiger partial charge in [-0.15, -0.1) is 0 Å². The van der Waals surface area contributed by atoms with Gasteiger partial charge in [0.1, 0.15) is 0 Å². The average Bonchev–Trinajstić information content (AvgIpc) is 2.53. The van der Waals surface area contributed by atoms with Gasteiger partial charge in [-0.3, -0.25) is 0 Å². The number of hydrogen-bond acceptors (Lipinski definition) is 1. The minimum atomic E-state index is -3.85. The van der Waals surface area contributed by atoms with Crippen molar-refractivity contribution in [2.75, 3.05) is 13.7 Å². The second-order valence-corrected chi connectivity index (χ2v) is 21.0. The number of allylic oxidation sites excluding steroid dienone is 4. The van der Waals surface area contributed by atoms with Crippen LogP contribution in [0.3, 0.4) is 0 Å². The maximum atomic E-state index is 6.31. The number of hydrogen-bond donors (Lipinski definition) is 0. The molecular formula is C8H12Cl3OTi. The van der Waals surface area contributed by atoms with Crippen molar-refractivity contribution in [3.05, 3.63) is 22.1 Å². The molecule has 1 aliphatic carbocycles. The van der Waals surface area contributed by atoms with E-state index in [4.69, 9.17) is 32.7 Å². The van der Waals surface area contributed by atoms with E-state index < -0.39 is 12.1 Å². The SMILES string of the molecule is COC[CH2][Ti]([Cl])([Cl])([Cl])[C]1=CC=CC1. The van der Waals surface area contributed by atoms with Crippen LogP contribution >= 0.6 is 27.9 Å². The summed E-state index contributed by atoms with van der Waals surface area (Å²) in [6, 6.07) is 0. The van der Waals surface area contributed by atoms with E-state index in [2.05, 4.69) is 0 Å². The molecule has 1 aliphatic rings. The molecule has 0 unspecified atom stereocenters. The Hall–Kier alpha value is 1.02. The molecule has 0 aromatic rings. The van der Waals surface area contributed by atoms with Crippen LogP contribution in [0.4, 0.5) is 0 Å². The van der Waals surface area contributed by atoms with E-state index in [1.807, 2.05) is 18.2 Å². The molecule has 0 N–H and O–H groups in total. The molecule has 0 aromatic carbocycles. The van der Waals surface area contributed by atoms with Gasteiger partial charge in [-0.25, -0.2) is 0 Å². The second kappa shape index (κ2) is 4.26. The van der Waals surface area contributed by atoms with Gasteiger partial charge in [-0.1, -0.05) is 0 Å². The molecule has 0 bridgehead atoms. The van der Waals surface area contributed by atoms with Crippen LogP contribution in [-0.2, 0) is 16.9 Å². The van der Waals surface area contributed by atoms with E-state index in [1.54, 1.807) is 7.11 Å². The number of rotatable bonds is 4. The van der Waals surface area contributed by atoms with Crippen molar-refractivity contribution in [1.82, 2.24) is 0 Å². The van der Waals surface area contributed by atoms with E-state index in [-0.39, 0.29) is 0 Å². The van der Waals surface area contributed by atoms with Gasteiger partial charge in [-0.05, 0) is 0 Å². The first kappa shape index (κ1) is 12.1.